The lowest BCUT2D eigenvalue weighted by atomic mass is 10.1. The molecule has 5 heteroatoms. The third-order valence-corrected chi connectivity index (χ3v) is 2.17. The van der Waals surface area contributed by atoms with Gasteiger partial charge in [0.2, 0.25) is 0 Å². The van der Waals surface area contributed by atoms with Crippen LogP contribution in [0.3, 0.4) is 0 Å². The minimum atomic E-state index is -1.07. The van der Waals surface area contributed by atoms with Crippen LogP contribution in [0.4, 0.5) is 0 Å². The molecule has 5 nitrogen and oxygen atoms in total. The zero-order valence-electron chi connectivity index (χ0n) is 11.8. The summed E-state index contributed by atoms with van der Waals surface area (Å²) in [5, 5.41) is 0. The van der Waals surface area contributed by atoms with Gasteiger partial charge in [0, 0.05) is 6.61 Å². The Balaban J connectivity index is 4.82. The highest BCUT2D eigenvalue weighted by atomic mass is 16.6. The molecule has 0 N–H and O–H groups in total. The van der Waals surface area contributed by atoms with Crippen molar-refractivity contribution in [1.29, 1.82) is 0 Å². The Bertz CT molecular complexity index is 304. The van der Waals surface area contributed by atoms with E-state index >= 15 is 0 Å². The van der Waals surface area contributed by atoms with Crippen molar-refractivity contribution in [2.24, 2.45) is 5.92 Å². The number of rotatable bonds is 9. The van der Waals surface area contributed by atoms with Gasteiger partial charge in [-0.3, -0.25) is 9.59 Å². The molecule has 0 aromatic carbocycles. The van der Waals surface area contributed by atoms with Crippen LogP contribution in [0.1, 0.15) is 20.8 Å². The Morgan fingerprint density at radius 1 is 1.00 bits per heavy atom. The summed E-state index contributed by atoms with van der Waals surface area (Å²) in [7, 11) is 0. The minimum absolute atomic E-state index is 0.207. The molecule has 0 aliphatic carbocycles. The smallest absolute Gasteiger partial charge is 0.324 e. The van der Waals surface area contributed by atoms with Crippen LogP contribution in [-0.4, -0.2) is 37.9 Å². The van der Waals surface area contributed by atoms with Gasteiger partial charge in [0.15, 0.2) is 5.92 Å². The van der Waals surface area contributed by atoms with Crippen molar-refractivity contribution in [3.63, 3.8) is 0 Å². The second-order valence-electron chi connectivity index (χ2n) is 3.52. The van der Waals surface area contributed by atoms with Crippen molar-refractivity contribution in [3.05, 3.63) is 24.8 Å². The molecule has 0 aliphatic heterocycles. The highest BCUT2D eigenvalue weighted by Crippen LogP contribution is 2.08. The summed E-state index contributed by atoms with van der Waals surface area (Å²) in [6.07, 6.45) is 4.25. The Labute approximate surface area is 114 Å². The molecule has 0 saturated heterocycles. The van der Waals surface area contributed by atoms with Gasteiger partial charge in [-0.05, 0) is 20.8 Å². The molecule has 0 heterocycles. The number of esters is 2. The predicted molar refractivity (Wildman–Crippen MR) is 71.5 cm³/mol. The molecule has 0 rings (SSSR count). The zero-order chi connectivity index (χ0) is 14.7. The van der Waals surface area contributed by atoms with Gasteiger partial charge < -0.3 is 14.2 Å². The molecule has 1 unspecified atom stereocenters. The van der Waals surface area contributed by atoms with Gasteiger partial charge in [-0.15, -0.1) is 6.58 Å². The van der Waals surface area contributed by atoms with Crippen molar-refractivity contribution in [2.75, 3.05) is 19.8 Å². The van der Waals surface area contributed by atoms with E-state index in [9.17, 15) is 9.59 Å². The highest BCUT2D eigenvalue weighted by molar-refractivity contribution is 5.97. The first-order chi connectivity index (χ1) is 9.10. The molecular weight excluding hydrogens is 248 g/mol. The van der Waals surface area contributed by atoms with Crippen LogP contribution in [0, 0.1) is 5.92 Å². The van der Waals surface area contributed by atoms with E-state index in [2.05, 4.69) is 6.58 Å². The molecule has 0 saturated carbocycles. The number of carbonyl (C=O) groups is 2. The molecule has 0 spiro atoms. The summed E-state index contributed by atoms with van der Waals surface area (Å²) in [5.74, 6) is -2.32. The highest BCUT2D eigenvalue weighted by Gasteiger charge is 2.26. The Kier molecular flexibility index (Phi) is 9.44. The molecule has 0 amide bonds. The Morgan fingerprint density at radius 3 is 1.89 bits per heavy atom. The van der Waals surface area contributed by atoms with Gasteiger partial charge in [-0.25, -0.2) is 0 Å². The lowest BCUT2D eigenvalue weighted by Crippen LogP contribution is -2.26. The maximum atomic E-state index is 11.7. The first-order valence-electron chi connectivity index (χ1n) is 6.36. The van der Waals surface area contributed by atoms with Gasteiger partial charge in [-0.1, -0.05) is 18.2 Å². The quantitative estimate of drug-likeness (QED) is 0.363. The third-order valence-electron chi connectivity index (χ3n) is 2.17. The van der Waals surface area contributed by atoms with Gasteiger partial charge in [-0.2, -0.15) is 0 Å². The molecule has 0 aliphatic rings. The normalized spacial score (nSPS) is 12.4. The number of hydrogen-bond donors (Lipinski definition) is 0. The first kappa shape index (κ1) is 17.4. The van der Waals surface area contributed by atoms with E-state index in [4.69, 9.17) is 14.2 Å². The van der Waals surface area contributed by atoms with E-state index < -0.39 is 17.9 Å². The predicted octanol–water partition coefficient (Wildman–Crippen LogP) is 1.88. The molecule has 1 atom stereocenters. The van der Waals surface area contributed by atoms with Gasteiger partial charge in [0.05, 0.1) is 19.3 Å². The van der Waals surface area contributed by atoms with Crippen LogP contribution in [0.25, 0.3) is 0 Å². The van der Waals surface area contributed by atoms with E-state index in [1.807, 2.05) is 6.92 Å². The van der Waals surface area contributed by atoms with Crippen LogP contribution in [0.2, 0.25) is 0 Å². The molecule has 0 radical (unpaired) electrons. The molecule has 0 fully saturated rings. The van der Waals surface area contributed by atoms with Crippen molar-refractivity contribution < 1.29 is 23.8 Å². The second kappa shape index (κ2) is 10.3. The fourth-order valence-corrected chi connectivity index (χ4v) is 1.33. The molecule has 0 aromatic rings. The van der Waals surface area contributed by atoms with Crippen LogP contribution < -0.4 is 0 Å². The lowest BCUT2D eigenvalue weighted by Gasteiger charge is -2.12. The largest absolute Gasteiger partial charge is 0.465 e. The van der Waals surface area contributed by atoms with E-state index in [0.717, 1.165) is 0 Å². The first-order valence-corrected chi connectivity index (χ1v) is 6.36. The van der Waals surface area contributed by atoms with E-state index in [0.29, 0.717) is 6.61 Å². The fraction of sp³-hybridized carbons (Fsp3) is 0.571. The maximum absolute atomic E-state index is 11.7. The third kappa shape index (κ3) is 6.76. The number of ether oxygens (including phenoxy) is 3. The van der Waals surface area contributed by atoms with E-state index in [1.165, 1.54) is 6.08 Å². The number of carbonyl (C=O) groups excluding carboxylic acids is 2. The van der Waals surface area contributed by atoms with E-state index in [1.54, 1.807) is 26.0 Å². The molecular formula is C14H22O5. The van der Waals surface area contributed by atoms with Gasteiger partial charge in [0.1, 0.15) is 0 Å². The average Bonchev–Trinajstić information content (AvgIpc) is 2.38. The van der Waals surface area contributed by atoms with Crippen LogP contribution >= 0.6 is 0 Å². The van der Waals surface area contributed by atoms with Gasteiger partial charge in [0.25, 0.3) is 0 Å². The summed E-state index contributed by atoms with van der Waals surface area (Å²) in [6.45, 7) is 9.73. The topological polar surface area (TPSA) is 61.8 Å². The van der Waals surface area contributed by atoms with E-state index in [-0.39, 0.29) is 19.3 Å². The molecule has 0 aromatic heterocycles. The van der Waals surface area contributed by atoms with Gasteiger partial charge >= 0.3 is 11.9 Å². The summed E-state index contributed by atoms with van der Waals surface area (Å²) in [5.41, 5.74) is 0. The summed E-state index contributed by atoms with van der Waals surface area (Å²) in [6, 6.07) is 0. The van der Waals surface area contributed by atoms with Crippen molar-refractivity contribution >= 4 is 11.9 Å². The number of hydrogen-bond acceptors (Lipinski definition) is 5. The SMILES string of the molecule is C=CC(/C=C/C(C(=O)OCC)C(=O)OCC)OCC. The van der Waals surface area contributed by atoms with Crippen molar-refractivity contribution in [3.8, 4) is 0 Å². The van der Waals surface area contributed by atoms with Crippen LogP contribution in [-0.2, 0) is 23.8 Å². The molecule has 108 valence electrons. The summed E-state index contributed by atoms with van der Waals surface area (Å²) < 4.78 is 15.0. The molecule has 19 heavy (non-hydrogen) atoms. The standard InChI is InChI=1S/C14H22O5/c1-5-11(17-6-2)9-10-12(13(15)18-7-3)14(16)19-8-4/h5,9-12H,1,6-8H2,2-4H3/b10-9+. The monoisotopic (exact) mass is 270 g/mol. The maximum Gasteiger partial charge on any atom is 0.324 e. The Hall–Kier alpha value is -1.62. The average molecular weight is 270 g/mol. The van der Waals surface area contributed by atoms with Crippen LogP contribution in [0.5, 0.6) is 0 Å². The lowest BCUT2D eigenvalue weighted by molar-refractivity contribution is -0.158. The summed E-state index contributed by atoms with van der Waals surface area (Å²) in [4.78, 5) is 23.4. The second-order valence-corrected chi connectivity index (χ2v) is 3.52. The zero-order valence-corrected chi connectivity index (χ0v) is 11.8. The Morgan fingerprint density at radius 2 is 1.53 bits per heavy atom. The van der Waals surface area contributed by atoms with Crippen LogP contribution in [0.15, 0.2) is 24.8 Å². The minimum Gasteiger partial charge on any atom is -0.465 e. The van der Waals surface area contributed by atoms with Crippen molar-refractivity contribution in [1.82, 2.24) is 0 Å². The molecule has 0 bridgehead atoms. The summed E-state index contributed by atoms with van der Waals surface area (Å²) >= 11 is 0. The van der Waals surface area contributed by atoms with Crippen molar-refractivity contribution in [2.45, 2.75) is 26.9 Å². The fourth-order valence-electron chi connectivity index (χ4n) is 1.33.